The standard InChI is InChI=1S/C19H31N3O5/c1-5-21-10-16(19(24)25)17(20-21)22(15(11-26-3)12-27-4)18(23)14-8-6-13(2)7-9-14/h10,13-15H,5-9,11-12H2,1-4H3,(H,24,25). The van der Waals surface area contributed by atoms with Crippen LogP contribution >= 0.6 is 0 Å². The fourth-order valence-electron chi connectivity index (χ4n) is 3.64. The number of carbonyl (C=O) groups is 2. The van der Waals surface area contributed by atoms with E-state index in [0.29, 0.717) is 12.5 Å². The van der Waals surface area contributed by atoms with E-state index in [9.17, 15) is 14.7 Å². The second-order valence-corrected chi connectivity index (χ2v) is 7.26. The molecule has 0 aliphatic heterocycles. The molecule has 0 spiro atoms. The van der Waals surface area contributed by atoms with Crippen LogP contribution in [0.15, 0.2) is 6.20 Å². The Morgan fingerprint density at radius 2 is 1.85 bits per heavy atom. The van der Waals surface area contributed by atoms with Crippen molar-refractivity contribution in [2.45, 2.75) is 52.1 Å². The Morgan fingerprint density at radius 3 is 2.33 bits per heavy atom. The fraction of sp³-hybridized carbons (Fsp3) is 0.737. The highest BCUT2D eigenvalue weighted by molar-refractivity contribution is 6.01. The Bertz CT molecular complexity index is 631. The van der Waals surface area contributed by atoms with E-state index < -0.39 is 12.0 Å². The summed E-state index contributed by atoms with van der Waals surface area (Å²) in [7, 11) is 3.10. The molecule has 1 aliphatic carbocycles. The largest absolute Gasteiger partial charge is 0.477 e. The van der Waals surface area contributed by atoms with Gasteiger partial charge in [-0.25, -0.2) is 4.79 Å². The highest BCUT2D eigenvalue weighted by Gasteiger charge is 2.36. The minimum absolute atomic E-state index is 0.0200. The molecule has 8 heteroatoms. The molecule has 0 atom stereocenters. The smallest absolute Gasteiger partial charge is 0.341 e. The van der Waals surface area contributed by atoms with Crippen LogP contribution < -0.4 is 4.90 Å². The molecule has 0 saturated heterocycles. The molecule has 1 aromatic heterocycles. The molecule has 1 aromatic rings. The molecule has 0 unspecified atom stereocenters. The predicted molar refractivity (Wildman–Crippen MR) is 101 cm³/mol. The Balaban J connectivity index is 2.44. The number of nitrogens with zero attached hydrogens (tertiary/aromatic N) is 3. The third-order valence-electron chi connectivity index (χ3n) is 5.21. The molecule has 1 saturated carbocycles. The fourth-order valence-corrected chi connectivity index (χ4v) is 3.64. The maximum atomic E-state index is 13.4. The third-order valence-corrected chi connectivity index (χ3v) is 5.21. The summed E-state index contributed by atoms with van der Waals surface area (Å²) in [5.74, 6) is -0.541. The lowest BCUT2D eigenvalue weighted by molar-refractivity contribution is -0.124. The highest BCUT2D eigenvalue weighted by atomic mass is 16.5. The Hall–Kier alpha value is -1.93. The summed E-state index contributed by atoms with van der Waals surface area (Å²) in [5.41, 5.74) is 0.0200. The van der Waals surface area contributed by atoms with Crippen LogP contribution in [0.5, 0.6) is 0 Å². The zero-order valence-corrected chi connectivity index (χ0v) is 16.7. The number of rotatable bonds is 9. The van der Waals surface area contributed by atoms with Crippen LogP contribution in [-0.2, 0) is 20.8 Å². The van der Waals surface area contributed by atoms with Gasteiger partial charge < -0.3 is 14.6 Å². The molecule has 0 bridgehead atoms. The molecule has 1 aliphatic rings. The summed E-state index contributed by atoms with van der Waals surface area (Å²) >= 11 is 0. The first-order chi connectivity index (χ1) is 12.9. The molecule has 27 heavy (non-hydrogen) atoms. The average Bonchev–Trinajstić information content (AvgIpc) is 3.07. The van der Waals surface area contributed by atoms with Crippen molar-refractivity contribution in [1.82, 2.24) is 9.78 Å². The molecule has 2 rings (SSSR count). The SMILES string of the molecule is CCn1cc(C(=O)O)c(N(C(=O)C2CCC(C)CC2)C(COC)COC)n1. The Kier molecular flexibility index (Phi) is 7.79. The summed E-state index contributed by atoms with van der Waals surface area (Å²) in [5, 5.41) is 14.0. The second-order valence-electron chi connectivity index (χ2n) is 7.26. The normalized spacial score (nSPS) is 20.0. The number of aromatic carboxylic acids is 1. The topological polar surface area (TPSA) is 93.9 Å². The van der Waals surface area contributed by atoms with Gasteiger partial charge in [-0.05, 0) is 38.5 Å². The number of amides is 1. The minimum atomic E-state index is -1.10. The molecule has 8 nitrogen and oxygen atoms in total. The number of carboxylic acid groups (broad SMARTS) is 1. The van der Waals surface area contributed by atoms with Crippen LogP contribution in [0.1, 0.15) is 49.9 Å². The number of carboxylic acids is 1. The van der Waals surface area contributed by atoms with Crippen molar-refractivity contribution in [3.05, 3.63) is 11.8 Å². The number of aryl methyl sites for hydroxylation is 1. The zero-order chi connectivity index (χ0) is 20.0. The van der Waals surface area contributed by atoms with Gasteiger partial charge in [0.2, 0.25) is 5.91 Å². The van der Waals surface area contributed by atoms with Crippen LogP contribution in [0.2, 0.25) is 0 Å². The lowest BCUT2D eigenvalue weighted by Gasteiger charge is -2.34. The molecule has 152 valence electrons. The van der Waals surface area contributed by atoms with Gasteiger partial charge in [0, 0.05) is 32.9 Å². The Morgan fingerprint density at radius 1 is 1.26 bits per heavy atom. The van der Waals surface area contributed by atoms with Crippen LogP contribution in [-0.4, -0.2) is 60.2 Å². The molecule has 1 amide bonds. The summed E-state index contributed by atoms with van der Waals surface area (Å²) < 4.78 is 12.1. The van der Waals surface area contributed by atoms with E-state index in [-0.39, 0.29) is 36.4 Å². The zero-order valence-electron chi connectivity index (χ0n) is 16.7. The first-order valence-corrected chi connectivity index (χ1v) is 9.54. The van der Waals surface area contributed by atoms with E-state index in [0.717, 1.165) is 25.7 Å². The number of anilines is 1. The van der Waals surface area contributed by atoms with Gasteiger partial charge in [-0.15, -0.1) is 0 Å². The predicted octanol–water partition coefficient (Wildman–Crippen LogP) is 2.42. The number of ether oxygens (including phenoxy) is 2. The van der Waals surface area contributed by atoms with Crippen LogP contribution in [0.4, 0.5) is 5.82 Å². The van der Waals surface area contributed by atoms with Crippen LogP contribution in [0.25, 0.3) is 0 Å². The second kappa shape index (κ2) is 9.85. The van der Waals surface area contributed by atoms with Gasteiger partial charge >= 0.3 is 5.97 Å². The third kappa shape index (κ3) is 5.07. The van der Waals surface area contributed by atoms with E-state index in [1.807, 2.05) is 6.92 Å². The van der Waals surface area contributed by atoms with E-state index in [4.69, 9.17) is 9.47 Å². The minimum Gasteiger partial charge on any atom is -0.477 e. The summed E-state index contributed by atoms with van der Waals surface area (Å²) in [6.07, 6.45) is 5.08. The van der Waals surface area contributed by atoms with Gasteiger partial charge in [-0.1, -0.05) is 6.92 Å². The molecule has 0 aromatic carbocycles. The number of methoxy groups -OCH3 is 2. The summed E-state index contributed by atoms with van der Waals surface area (Å²) in [6.45, 7) is 5.06. The first-order valence-electron chi connectivity index (χ1n) is 9.54. The number of hydrogen-bond donors (Lipinski definition) is 1. The van der Waals surface area contributed by atoms with E-state index in [2.05, 4.69) is 12.0 Å². The van der Waals surface area contributed by atoms with Crippen LogP contribution in [0, 0.1) is 11.8 Å². The number of carbonyl (C=O) groups excluding carboxylic acids is 1. The highest BCUT2D eigenvalue weighted by Crippen LogP contribution is 2.32. The van der Waals surface area contributed by atoms with Crippen molar-refractivity contribution in [3.8, 4) is 0 Å². The maximum Gasteiger partial charge on any atom is 0.341 e. The molecular formula is C19H31N3O5. The molecular weight excluding hydrogens is 350 g/mol. The van der Waals surface area contributed by atoms with Gasteiger partial charge in [0.05, 0.1) is 19.3 Å². The van der Waals surface area contributed by atoms with Crippen molar-refractivity contribution in [2.75, 3.05) is 32.3 Å². The maximum absolute atomic E-state index is 13.4. The number of hydrogen-bond acceptors (Lipinski definition) is 5. The van der Waals surface area contributed by atoms with Crippen molar-refractivity contribution < 1.29 is 24.2 Å². The quantitative estimate of drug-likeness (QED) is 0.706. The lowest BCUT2D eigenvalue weighted by Crippen LogP contribution is -2.49. The van der Waals surface area contributed by atoms with Crippen molar-refractivity contribution >= 4 is 17.7 Å². The van der Waals surface area contributed by atoms with Gasteiger partial charge in [-0.2, -0.15) is 5.10 Å². The van der Waals surface area contributed by atoms with Gasteiger partial charge in [-0.3, -0.25) is 14.4 Å². The van der Waals surface area contributed by atoms with E-state index >= 15 is 0 Å². The Labute approximate surface area is 160 Å². The monoisotopic (exact) mass is 381 g/mol. The average molecular weight is 381 g/mol. The molecule has 0 radical (unpaired) electrons. The first kappa shape index (κ1) is 21.4. The van der Waals surface area contributed by atoms with Crippen LogP contribution in [0.3, 0.4) is 0 Å². The number of aromatic nitrogens is 2. The summed E-state index contributed by atoms with van der Waals surface area (Å²) in [6, 6.07) is -0.440. The van der Waals surface area contributed by atoms with Crippen molar-refractivity contribution in [1.29, 1.82) is 0 Å². The summed E-state index contributed by atoms with van der Waals surface area (Å²) in [4.78, 5) is 26.7. The van der Waals surface area contributed by atoms with Crippen molar-refractivity contribution in [3.63, 3.8) is 0 Å². The van der Waals surface area contributed by atoms with Gasteiger partial charge in [0.1, 0.15) is 5.56 Å². The van der Waals surface area contributed by atoms with E-state index in [1.54, 1.807) is 18.9 Å². The van der Waals surface area contributed by atoms with Gasteiger partial charge in [0.25, 0.3) is 0 Å². The molecule has 1 fully saturated rings. The lowest BCUT2D eigenvalue weighted by atomic mass is 9.82. The van der Waals surface area contributed by atoms with Crippen molar-refractivity contribution in [2.24, 2.45) is 11.8 Å². The van der Waals surface area contributed by atoms with Gasteiger partial charge in [0.15, 0.2) is 5.82 Å². The molecule has 1 N–H and O–H groups in total. The molecule has 1 heterocycles. The van der Waals surface area contributed by atoms with E-state index in [1.165, 1.54) is 11.1 Å².